The second kappa shape index (κ2) is 7.30. The Kier molecular flexibility index (Phi) is 6.01. The number of nitrogens with one attached hydrogen (secondary N) is 1. The summed E-state index contributed by atoms with van der Waals surface area (Å²) >= 11 is 0. The largest absolute Gasteiger partial charge is 0.494 e. The molecule has 0 radical (unpaired) electrons. The molecule has 0 bridgehead atoms. The molecule has 2 N–H and O–H groups in total. The van der Waals surface area contributed by atoms with E-state index in [1.165, 1.54) is 5.56 Å². The molecule has 0 saturated carbocycles. The van der Waals surface area contributed by atoms with E-state index in [0.29, 0.717) is 12.6 Å². The van der Waals surface area contributed by atoms with E-state index < -0.39 is 0 Å². The van der Waals surface area contributed by atoms with Crippen molar-refractivity contribution >= 4 is 0 Å². The van der Waals surface area contributed by atoms with Gasteiger partial charge in [0, 0.05) is 19.2 Å². The lowest BCUT2D eigenvalue weighted by Crippen LogP contribution is -2.33. The van der Waals surface area contributed by atoms with Gasteiger partial charge < -0.3 is 15.2 Å². The van der Waals surface area contributed by atoms with Crippen molar-refractivity contribution in [1.82, 2.24) is 5.32 Å². The van der Waals surface area contributed by atoms with Crippen LogP contribution in [0, 0.1) is 5.92 Å². The Balaban J connectivity index is 2.41. The van der Waals surface area contributed by atoms with E-state index in [9.17, 15) is 0 Å². The number of aliphatic hydroxyl groups is 1. The summed E-state index contributed by atoms with van der Waals surface area (Å²) in [4.78, 5) is 0. The first-order chi connectivity index (χ1) is 8.17. The fourth-order valence-corrected chi connectivity index (χ4v) is 1.51. The van der Waals surface area contributed by atoms with Gasteiger partial charge in [0.2, 0.25) is 0 Å². The van der Waals surface area contributed by atoms with Crippen LogP contribution in [0.2, 0.25) is 0 Å². The maximum Gasteiger partial charge on any atom is 0.119 e. The van der Waals surface area contributed by atoms with E-state index >= 15 is 0 Å². The quantitative estimate of drug-likeness (QED) is 0.764. The number of rotatable bonds is 7. The van der Waals surface area contributed by atoms with Gasteiger partial charge in [-0.2, -0.15) is 0 Å². The van der Waals surface area contributed by atoms with Crippen molar-refractivity contribution in [1.29, 1.82) is 0 Å². The van der Waals surface area contributed by atoms with Crippen LogP contribution in [0.1, 0.15) is 26.3 Å². The zero-order valence-corrected chi connectivity index (χ0v) is 10.9. The molecule has 2 atom stereocenters. The van der Waals surface area contributed by atoms with Crippen LogP contribution in [-0.2, 0) is 6.54 Å². The smallest absolute Gasteiger partial charge is 0.119 e. The van der Waals surface area contributed by atoms with Crippen LogP contribution in [0.3, 0.4) is 0 Å². The lowest BCUT2D eigenvalue weighted by atomic mass is 10.0. The predicted octanol–water partition coefficient (Wildman–Crippen LogP) is 2.19. The second-order valence-corrected chi connectivity index (χ2v) is 4.41. The zero-order valence-electron chi connectivity index (χ0n) is 10.9. The molecule has 1 aromatic rings. The lowest BCUT2D eigenvalue weighted by molar-refractivity contribution is 0.207. The Bertz CT molecular complexity index is 311. The van der Waals surface area contributed by atoms with Gasteiger partial charge in [0.05, 0.1) is 6.61 Å². The highest BCUT2D eigenvalue weighted by Crippen LogP contribution is 2.12. The highest BCUT2D eigenvalue weighted by atomic mass is 16.5. The highest BCUT2D eigenvalue weighted by Gasteiger charge is 2.09. The third kappa shape index (κ3) is 4.75. The molecule has 1 aromatic carbocycles. The summed E-state index contributed by atoms with van der Waals surface area (Å²) in [6.07, 6.45) is 0. The molecule has 0 heterocycles. The SMILES string of the molecule is CCOc1ccc(CNC(C)C(C)CO)cc1. The molecule has 0 amide bonds. The van der Waals surface area contributed by atoms with E-state index in [4.69, 9.17) is 9.84 Å². The molecule has 0 aliphatic carbocycles. The van der Waals surface area contributed by atoms with Gasteiger partial charge in [-0.25, -0.2) is 0 Å². The first-order valence-electron chi connectivity index (χ1n) is 6.23. The van der Waals surface area contributed by atoms with Crippen LogP contribution < -0.4 is 10.1 Å². The number of ether oxygens (including phenoxy) is 1. The minimum absolute atomic E-state index is 0.220. The standard InChI is InChI=1S/C14H23NO2/c1-4-17-14-7-5-13(6-8-14)9-15-12(3)11(2)10-16/h5-8,11-12,15-16H,4,9-10H2,1-3H3. The minimum atomic E-state index is 0.220. The molecule has 0 aliphatic rings. The summed E-state index contributed by atoms with van der Waals surface area (Å²) in [7, 11) is 0. The molecule has 0 aliphatic heterocycles. The molecule has 0 spiro atoms. The van der Waals surface area contributed by atoms with Crippen molar-refractivity contribution in [2.75, 3.05) is 13.2 Å². The van der Waals surface area contributed by atoms with Gasteiger partial charge in [0.15, 0.2) is 0 Å². The second-order valence-electron chi connectivity index (χ2n) is 4.41. The van der Waals surface area contributed by atoms with Gasteiger partial charge >= 0.3 is 0 Å². The number of hydrogen-bond acceptors (Lipinski definition) is 3. The van der Waals surface area contributed by atoms with Crippen LogP contribution in [0.5, 0.6) is 5.75 Å². The van der Waals surface area contributed by atoms with Crippen molar-refractivity contribution in [2.45, 2.75) is 33.4 Å². The molecule has 17 heavy (non-hydrogen) atoms. The van der Waals surface area contributed by atoms with Gasteiger partial charge in [-0.3, -0.25) is 0 Å². The van der Waals surface area contributed by atoms with Crippen molar-refractivity contribution in [3.63, 3.8) is 0 Å². The third-order valence-corrected chi connectivity index (χ3v) is 3.00. The molecule has 3 nitrogen and oxygen atoms in total. The summed E-state index contributed by atoms with van der Waals surface area (Å²) in [6, 6.07) is 8.41. The van der Waals surface area contributed by atoms with Gasteiger partial charge in [0.25, 0.3) is 0 Å². The predicted molar refractivity (Wildman–Crippen MR) is 70.2 cm³/mol. The Hall–Kier alpha value is -1.06. The lowest BCUT2D eigenvalue weighted by Gasteiger charge is -2.19. The summed E-state index contributed by atoms with van der Waals surface area (Å²) in [5.41, 5.74) is 1.23. The first kappa shape index (κ1) is 14.0. The minimum Gasteiger partial charge on any atom is -0.494 e. The van der Waals surface area contributed by atoms with E-state index in [1.54, 1.807) is 0 Å². The zero-order chi connectivity index (χ0) is 12.7. The number of benzene rings is 1. The van der Waals surface area contributed by atoms with Crippen LogP contribution >= 0.6 is 0 Å². The maximum absolute atomic E-state index is 9.04. The normalized spacial score (nSPS) is 14.4. The molecule has 2 unspecified atom stereocenters. The van der Waals surface area contributed by atoms with Gasteiger partial charge in [-0.15, -0.1) is 0 Å². The van der Waals surface area contributed by atoms with Crippen molar-refractivity contribution in [3.8, 4) is 5.75 Å². The topological polar surface area (TPSA) is 41.5 Å². The van der Waals surface area contributed by atoms with Crippen LogP contribution in [0.4, 0.5) is 0 Å². The van der Waals surface area contributed by atoms with Crippen molar-refractivity contribution in [3.05, 3.63) is 29.8 Å². The Morgan fingerprint density at radius 1 is 1.24 bits per heavy atom. The molecule has 96 valence electrons. The van der Waals surface area contributed by atoms with Gasteiger partial charge in [0.1, 0.15) is 5.75 Å². The van der Waals surface area contributed by atoms with Crippen LogP contribution in [0.25, 0.3) is 0 Å². The molecule has 0 saturated heterocycles. The van der Waals surface area contributed by atoms with Gasteiger partial charge in [-0.1, -0.05) is 19.1 Å². The van der Waals surface area contributed by atoms with E-state index in [0.717, 1.165) is 12.3 Å². The Morgan fingerprint density at radius 2 is 1.88 bits per heavy atom. The van der Waals surface area contributed by atoms with Crippen molar-refractivity contribution in [2.24, 2.45) is 5.92 Å². The van der Waals surface area contributed by atoms with E-state index in [2.05, 4.69) is 24.4 Å². The fraction of sp³-hybridized carbons (Fsp3) is 0.571. The van der Waals surface area contributed by atoms with Crippen molar-refractivity contribution < 1.29 is 9.84 Å². The molecule has 0 fully saturated rings. The maximum atomic E-state index is 9.04. The molecule has 1 rings (SSSR count). The number of hydrogen-bond donors (Lipinski definition) is 2. The fourth-order valence-electron chi connectivity index (χ4n) is 1.51. The van der Waals surface area contributed by atoms with Crippen LogP contribution in [-0.4, -0.2) is 24.4 Å². The Morgan fingerprint density at radius 3 is 2.41 bits per heavy atom. The van der Waals surface area contributed by atoms with E-state index in [-0.39, 0.29) is 12.5 Å². The summed E-state index contributed by atoms with van der Waals surface area (Å²) in [6.45, 7) is 7.84. The monoisotopic (exact) mass is 237 g/mol. The average Bonchev–Trinajstić information content (AvgIpc) is 2.37. The first-order valence-corrected chi connectivity index (χ1v) is 6.23. The molecular formula is C14H23NO2. The van der Waals surface area contributed by atoms with Gasteiger partial charge in [-0.05, 0) is 37.5 Å². The molecule has 0 aromatic heterocycles. The number of aliphatic hydroxyl groups excluding tert-OH is 1. The summed E-state index contributed by atoms with van der Waals surface area (Å²) in [5.74, 6) is 1.19. The highest BCUT2D eigenvalue weighted by molar-refractivity contribution is 5.27. The summed E-state index contributed by atoms with van der Waals surface area (Å²) < 4.78 is 5.39. The molecule has 3 heteroatoms. The summed E-state index contributed by atoms with van der Waals surface area (Å²) in [5, 5.41) is 12.4. The van der Waals surface area contributed by atoms with Crippen LogP contribution in [0.15, 0.2) is 24.3 Å². The average molecular weight is 237 g/mol. The third-order valence-electron chi connectivity index (χ3n) is 3.00. The molecular weight excluding hydrogens is 214 g/mol. The Labute approximate surface area is 104 Å². The van der Waals surface area contributed by atoms with E-state index in [1.807, 2.05) is 26.0 Å².